The lowest BCUT2D eigenvalue weighted by molar-refractivity contribution is -0.116. The minimum Gasteiger partial charge on any atom is -0.508 e. The molecule has 0 aliphatic rings. The number of aromatic hydroxyl groups is 1. The topological polar surface area (TPSA) is 69.6 Å². The maximum absolute atomic E-state index is 11.3. The van der Waals surface area contributed by atoms with Crippen LogP contribution >= 0.6 is 0 Å². The number of aliphatic hydroxyl groups excluding tert-OH is 1. The first-order valence-electron chi connectivity index (χ1n) is 4.85. The van der Waals surface area contributed by atoms with Gasteiger partial charge < -0.3 is 15.5 Å². The first-order chi connectivity index (χ1) is 7.08. The molecule has 0 aromatic heterocycles. The third kappa shape index (κ3) is 4.46. The molecule has 1 unspecified atom stereocenters. The number of nitrogens with one attached hydrogen (secondary N) is 1. The zero-order valence-electron chi connectivity index (χ0n) is 8.60. The fraction of sp³-hybridized carbons (Fsp3) is 0.364. The zero-order valence-corrected chi connectivity index (χ0v) is 8.60. The Morgan fingerprint density at radius 2 is 2.00 bits per heavy atom. The Balaban J connectivity index is 2.41. The number of hydrogen-bond donors (Lipinski definition) is 3. The lowest BCUT2D eigenvalue weighted by atomic mass is 10.2. The van der Waals surface area contributed by atoms with E-state index in [1.54, 1.807) is 19.1 Å². The molecule has 0 saturated heterocycles. The van der Waals surface area contributed by atoms with Crippen molar-refractivity contribution >= 4 is 11.6 Å². The van der Waals surface area contributed by atoms with Gasteiger partial charge in [0.15, 0.2) is 0 Å². The molecule has 0 aliphatic carbocycles. The predicted molar refractivity (Wildman–Crippen MR) is 57.7 cm³/mol. The van der Waals surface area contributed by atoms with Gasteiger partial charge in [0.25, 0.3) is 0 Å². The van der Waals surface area contributed by atoms with Crippen molar-refractivity contribution in [3.63, 3.8) is 0 Å². The second kappa shape index (κ2) is 5.36. The molecule has 0 fully saturated rings. The van der Waals surface area contributed by atoms with E-state index in [1.807, 2.05) is 0 Å². The van der Waals surface area contributed by atoms with E-state index < -0.39 is 6.10 Å². The summed E-state index contributed by atoms with van der Waals surface area (Å²) in [5, 5.41) is 20.7. The Morgan fingerprint density at radius 1 is 1.40 bits per heavy atom. The molecule has 1 aromatic rings. The van der Waals surface area contributed by atoms with Gasteiger partial charge in [0.05, 0.1) is 6.10 Å². The molecule has 82 valence electrons. The molecule has 0 bridgehead atoms. The van der Waals surface area contributed by atoms with Crippen LogP contribution in [0.1, 0.15) is 19.8 Å². The van der Waals surface area contributed by atoms with Gasteiger partial charge in [-0.05, 0) is 37.6 Å². The van der Waals surface area contributed by atoms with Crippen LogP contribution in [-0.4, -0.2) is 22.2 Å². The van der Waals surface area contributed by atoms with E-state index in [9.17, 15) is 4.79 Å². The van der Waals surface area contributed by atoms with Crippen LogP contribution in [0.4, 0.5) is 5.69 Å². The van der Waals surface area contributed by atoms with Gasteiger partial charge in [-0.3, -0.25) is 4.79 Å². The third-order valence-electron chi connectivity index (χ3n) is 1.94. The molecule has 0 radical (unpaired) electrons. The standard InChI is InChI=1S/C11H15NO3/c1-8(13)2-7-11(15)12-9-3-5-10(14)6-4-9/h3-6,8,13-14H,2,7H2,1H3,(H,12,15). The fourth-order valence-corrected chi connectivity index (χ4v) is 1.11. The molecule has 4 heteroatoms. The zero-order chi connectivity index (χ0) is 11.3. The summed E-state index contributed by atoms with van der Waals surface area (Å²) >= 11 is 0. The first-order valence-corrected chi connectivity index (χ1v) is 4.85. The van der Waals surface area contributed by atoms with E-state index in [4.69, 9.17) is 10.2 Å². The lowest BCUT2D eigenvalue weighted by Gasteiger charge is -2.06. The summed E-state index contributed by atoms with van der Waals surface area (Å²) in [5.41, 5.74) is 0.642. The van der Waals surface area contributed by atoms with Crippen molar-refractivity contribution in [1.82, 2.24) is 0 Å². The second-order valence-corrected chi connectivity index (χ2v) is 3.48. The van der Waals surface area contributed by atoms with Crippen LogP contribution in [0.5, 0.6) is 5.75 Å². The van der Waals surface area contributed by atoms with Gasteiger partial charge in [-0.2, -0.15) is 0 Å². The average Bonchev–Trinajstić information content (AvgIpc) is 2.19. The highest BCUT2D eigenvalue weighted by Crippen LogP contribution is 2.14. The summed E-state index contributed by atoms with van der Waals surface area (Å²) in [6.45, 7) is 1.65. The average molecular weight is 209 g/mol. The first kappa shape index (κ1) is 11.5. The van der Waals surface area contributed by atoms with Crippen molar-refractivity contribution in [2.75, 3.05) is 5.32 Å². The van der Waals surface area contributed by atoms with E-state index in [2.05, 4.69) is 5.32 Å². The molecule has 1 rings (SSSR count). The highest BCUT2D eigenvalue weighted by molar-refractivity contribution is 5.90. The summed E-state index contributed by atoms with van der Waals surface area (Å²) in [6, 6.07) is 6.25. The fourth-order valence-electron chi connectivity index (χ4n) is 1.11. The van der Waals surface area contributed by atoms with Gasteiger partial charge in [-0.25, -0.2) is 0 Å². The SMILES string of the molecule is CC(O)CCC(=O)Nc1ccc(O)cc1. The molecule has 0 aliphatic heterocycles. The van der Waals surface area contributed by atoms with Gasteiger partial charge >= 0.3 is 0 Å². The van der Waals surface area contributed by atoms with Crippen molar-refractivity contribution in [1.29, 1.82) is 0 Å². The van der Waals surface area contributed by atoms with E-state index >= 15 is 0 Å². The van der Waals surface area contributed by atoms with Crippen molar-refractivity contribution in [2.24, 2.45) is 0 Å². The third-order valence-corrected chi connectivity index (χ3v) is 1.94. The number of amides is 1. The molecule has 1 aromatic carbocycles. The van der Waals surface area contributed by atoms with Gasteiger partial charge in [0.2, 0.25) is 5.91 Å². The maximum Gasteiger partial charge on any atom is 0.224 e. The van der Waals surface area contributed by atoms with Crippen molar-refractivity contribution < 1.29 is 15.0 Å². The van der Waals surface area contributed by atoms with Gasteiger partial charge in [0, 0.05) is 12.1 Å². The smallest absolute Gasteiger partial charge is 0.224 e. The Morgan fingerprint density at radius 3 is 2.53 bits per heavy atom. The van der Waals surface area contributed by atoms with Crippen molar-refractivity contribution in [2.45, 2.75) is 25.9 Å². The normalized spacial score (nSPS) is 12.1. The van der Waals surface area contributed by atoms with Crippen LogP contribution in [-0.2, 0) is 4.79 Å². The molecule has 4 nitrogen and oxygen atoms in total. The number of hydrogen-bond acceptors (Lipinski definition) is 3. The van der Waals surface area contributed by atoms with Gasteiger partial charge in [-0.1, -0.05) is 0 Å². The van der Waals surface area contributed by atoms with E-state index in [0.29, 0.717) is 18.5 Å². The largest absolute Gasteiger partial charge is 0.508 e. The summed E-state index contributed by atoms with van der Waals surface area (Å²) in [5.74, 6) is 0.0265. The number of phenols is 1. The van der Waals surface area contributed by atoms with Crippen molar-refractivity contribution in [3.8, 4) is 5.75 Å². The summed E-state index contributed by atoms with van der Waals surface area (Å²) in [4.78, 5) is 11.3. The Labute approximate surface area is 88.6 Å². The predicted octanol–water partition coefficient (Wildman–Crippen LogP) is 1.49. The summed E-state index contributed by atoms with van der Waals surface area (Å²) in [7, 11) is 0. The number of anilines is 1. The molecule has 3 N–H and O–H groups in total. The van der Waals surface area contributed by atoms with Crippen LogP contribution in [0.15, 0.2) is 24.3 Å². The molecule has 0 heterocycles. The van der Waals surface area contributed by atoms with Crippen molar-refractivity contribution in [3.05, 3.63) is 24.3 Å². The van der Waals surface area contributed by atoms with Crippen LogP contribution in [0.25, 0.3) is 0 Å². The number of benzene rings is 1. The second-order valence-electron chi connectivity index (χ2n) is 3.48. The lowest BCUT2D eigenvalue weighted by Crippen LogP contribution is -2.13. The number of carbonyl (C=O) groups is 1. The quantitative estimate of drug-likeness (QED) is 0.658. The van der Waals surface area contributed by atoms with Crippen LogP contribution in [0.3, 0.4) is 0 Å². The van der Waals surface area contributed by atoms with Crippen LogP contribution < -0.4 is 5.32 Å². The Bertz CT molecular complexity index is 319. The van der Waals surface area contributed by atoms with Crippen LogP contribution in [0, 0.1) is 0 Å². The van der Waals surface area contributed by atoms with E-state index in [1.165, 1.54) is 12.1 Å². The minimum atomic E-state index is -0.462. The van der Waals surface area contributed by atoms with E-state index in [-0.39, 0.29) is 11.7 Å². The minimum absolute atomic E-state index is 0.137. The number of rotatable bonds is 4. The van der Waals surface area contributed by atoms with Gasteiger partial charge in [-0.15, -0.1) is 0 Å². The van der Waals surface area contributed by atoms with E-state index in [0.717, 1.165) is 0 Å². The Hall–Kier alpha value is -1.55. The monoisotopic (exact) mass is 209 g/mol. The maximum atomic E-state index is 11.3. The number of phenolic OH excluding ortho intramolecular Hbond substituents is 1. The van der Waals surface area contributed by atoms with Crippen LogP contribution in [0.2, 0.25) is 0 Å². The molecule has 0 spiro atoms. The molecule has 15 heavy (non-hydrogen) atoms. The molecular weight excluding hydrogens is 194 g/mol. The number of carbonyl (C=O) groups excluding carboxylic acids is 1. The summed E-state index contributed by atoms with van der Waals surface area (Å²) in [6.07, 6.45) is 0.276. The highest BCUT2D eigenvalue weighted by atomic mass is 16.3. The van der Waals surface area contributed by atoms with Gasteiger partial charge in [0.1, 0.15) is 5.75 Å². The summed E-state index contributed by atoms with van der Waals surface area (Å²) < 4.78 is 0. The molecular formula is C11H15NO3. The number of aliphatic hydroxyl groups is 1. The molecule has 1 amide bonds. The Kier molecular flexibility index (Phi) is 4.12. The molecule has 0 saturated carbocycles. The molecule has 1 atom stereocenters. The highest BCUT2D eigenvalue weighted by Gasteiger charge is 2.04.